The smallest absolute Gasteiger partial charge is 0.124 e. The van der Waals surface area contributed by atoms with Crippen LogP contribution in [0.5, 0.6) is 5.75 Å². The SMILES string of the molecule is OCC1NCCOc2ccc(Cl)cc21. The van der Waals surface area contributed by atoms with E-state index in [0.29, 0.717) is 11.6 Å². The molecule has 0 radical (unpaired) electrons. The van der Waals surface area contributed by atoms with E-state index in [-0.39, 0.29) is 12.6 Å². The average Bonchev–Trinajstić information content (AvgIpc) is 2.39. The van der Waals surface area contributed by atoms with E-state index in [2.05, 4.69) is 5.32 Å². The van der Waals surface area contributed by atoms with Crippen LogP contribution in [-0.4, -0.2) is 24.9 Å². The van der Waals surface area contributed by atoms with Crippen molar-refractivity contribution in [2.75, 3.05) is 19.8 Å². The van der Waals surface area contributed by atoms with Crippen molar-refractivity contribution in [3.63, 3.8) is 0 Å². The summed E-state index contributed by atoms with van der Waals surface area (Å²) in [5.41, 5.74) is 0.928. The van der Waals surface area contributed by atoms with Crippen LogP contribution in [0, 0.1) is 0 Å². The Morgan fingerprint density at radius 3 is 3.21 bits per heavy atom. The van der Waals surface area contributed by atoms with Gasteiger partial charge in [-0.25, -0.2) is 0 Å². The van der Waals surface area contributed by atoms with Gasteiger partial charge in [0, 0.05) is 17.1 Å². The average molecular weight is 214 g/mol. The molecule has 2 rings (SSSR count). The molecule has 1 heterocycles. The summed E-state index contributed by atoms with van der Waals surface area (Å²) >= 11 is 5.89. The molecule has 3 nitrogen and oxygen atoms in total. The first-order valence-corrected chi connectivity index (χ1v) is 4.95. The minimum Gasteiger partial charge on any atom is -0.492 e. The Balaban J connectivity index is 2.40. The molecule has 14 heavy (non-hydrogen) atoms. The lowest BCUT2D eigenvalue weighted by Gasteiger charge is -2.14. The number of ether oxygens (including phenoxy) is 1. The summed E-state index contributed by atoms with van der Waals surface area (Å²) in [7, 11) is 0. The van der Waals surface area contributed by atoms with Crippen LogP contribution in [0.15, 0.2) is 18.2 Å². The lowest BCUT2D eigenvalue weighted by molar-refractivity contribution is 0.245. The first kappa shape index (κ1) is 9.77. The van der Waals surface area contributed by atoms with Crippen molar-refractivity contribution in [3.8, 4) is 5.75 Å². The maximum Gasteiger partial charge on any atom is 0.124 e. The minimum absolute atomic E-state index is 0.0523. The molecule has 1 aromatic carbocycles. The normalized spacial score (nSPS) is 20.9. The Morgan fingerprint density at radius 1 is 1.57 bits per heavy atom. The summed E-state index contributed by atoms with van der Waals surface area (Å²) < 4.78 is 5.50. The van der Waals surface area contributed by atoms with Crippen LogP contribution in [0.3, 0.4) is 0 Å². The molecule has 1 aromatic rings. The molecule has 0 aromatic heterocycles. The first-order valence-electron chi connectivity index (χ1n) is 4.58. The van der Waals surface area contributed by atoms with Crippen molar-refractivity contribution in [2.24, 2.45) is 0 Å². The highest BCUT2D eigenvalue weighted by Gasteiger charge is 2.18. The van der Waals surface area contributed by atoms with Crippen LogP contribution >= 0.6 is 11.6 Å². The Hall–Kier alpha value is -0.770. The van der Waals surface area contributed by atoms with Gasteiger partial charge in [0.25, 0.3) is 0 Å². The second kappa shape index (κ2) is 4.17. The fourth-order valence-corrected chi connectivity index (χ4v) is 1.77. The summed E-state index contributed by atoms with van der Waals surface area (Å²) in [5.74, 6) is 0.804. The van der Waals surface area contributed by atoms with Gasteiger partial charge in [-0.1, -0.05) is 11.6 Å². The number of halogens is 1. The molecule has 4 heteroatoms. The maximum absolute atomic E-state index is 9.19. The van der Waals surface area contributed by atoms with Gasteiger partial charge in [0.1, 0.15) is 12.4 Å². The molecule has 0 amide bonds. The summed E-state index contributed by atoms with van der Waals surface area (Å²) in [6.45, 7) is 1.40. The van der Waals surface area contributed by atoms with Crippen LogP contribution in [0.2, 0.25) is 5.02 Å². The fourth-order valence-electron chi connectivity index (χ4n) is 1.59. The molecule has 1 atom stereocenters. The van der Waals surface area contributed by atoms with Crippen molar-refractivity contribution in [3.05, 3.63) is 28.8 Å². The van der Waals surface area contributed by atoms with E-state index < -0.39 is 0 Å². The highest BCUT2D eigenvalue weighted by atomic mass is 35.5. The van der Waals surface area contributed by atoms with Crippen LogP contribution < -0.4 is 10.1 Å². The lowest BCUT2D eigenvalue weighted by atomic mass is 10.1. The highest BCUT2D eigenvalue weighted by Crippen LogP contribution is 2.29. The van der Waals surface area contributed by atoms with Gasteiger partial charge in [0.2, 0.25) is 0 Å². The van der Waals surface area contributed by atoms with Crippen LogP contribution in [-0.2, 0) is 0 Å². The monoisotopic (exact) mass is 213 g/mol. The zero-order chi connectivity index (χ0) is 9.97. The van der Waals surface area contributed by atoms with E-state index in [9.17, 15) is 5.11 Å². The summed E-state index contributed by atoms with van der Waals surface area (Å²) in [5, 5.41) is 13.0. The van der Waals surface area contributed by atoms with Crippen molar-refractivity contribution < 1.29 is 9.84 Å². The maximum atomic E-state index is 9.19. The standard InChI is InChI=1S/C10H12ClNO2/c11-7-1-2-10-8(5-7)9(6-13)12-3-4-14-10/h1-2,5,9,12-13H,3-4,6H2. The number of hydrogen-bond donors (Lipinski definition) is 2. The first-order chi connectivity index (χ1) is 6.81. The highest BCUT2D eigenvalue weighted by molar-refractivity contribution is 6.30. The molecular formula is C10H12ClNO2. The number of aliphatic hydroxyl groups excluding tert-OH is 1. The minimum atomic E-state index is -0.0776. The van der Waals surface area contributed by atoms with Crippen LogP contribution in [0.25, 0.3) is 0 Å². The number of benzene rings is 1. The van der Waals surface area contributed by atoms with Crippen molar-refractivity contribution in [1.29, 1.82) is 0 Å². The van der Waals surface area contributed by atoms with Crippen molar-refractivity contribution in [1.82, 2.24) is 5.32 Å². The van der Waals surface area contributed by atoms with Gasteiger partial charge in [0.15, 0.2) is 0 Å². The molecule has 0 saturated carbocycles. The Labute approximate surface area is 87.6 Å². The summed E-state index contributed by atoms with van der Waals surface area (Å²) in [6, 6.07) is 5.38. The number of aliphatic hydroxyl groups is 1. The largest absolute Gasteiger partial charge is 0.492 e. The van der Waals surface area contributed by atoms with Crippen molar-refractivity contribution in [2.45, 2.75) is 6.04 Å². The van der Waals surface area contributed by atoms with Crippen LogP contribution in [0.4, 0.5) is 0 Å². The Bertz CT molecular complexity index is 330. The molecule has 1 aliphatic heterocycles. The Morgan fingerprint density at radius 2 is 2.43 bits per heavy atom. The molecule has 0 spiro atoms. The topological polar surface area (TPSA) is 41.5 Å². The third kappa shape index (κ3) is 1.85. The molecular weight excluding hydrogens is 202 g/mol. The number of hydrogen-bond acceptors (Lipinski definition) is 3. The number of fused-ring (bicyclic) bond motifs is 1. The predicted molar refractivity (Wildman–Crippen MR) is 54.8 cm³/mol. The van der Waals surface area contributed by atoms with Gasteiger partial charge >= 0.3 is 0 Å². The molecule has 0 bridgehead atoms. The molecule has 1 aliphatic rings. The van der Waals surface area contributed by atoms with E-state index >= 15 is 0 Å². The zero-order valence-electron chi connectivity index (χ0n) is 7.66. The fraction of sp³-hybridized carbons (Fsp3) is 0.400. The number of rotatable bonds is 1. The van der Waals surface area contributed by atoms with Gasteiger partial charge < -0.3 is 15.2 Å². The van der Waals surface area contributed by atoms with E-state index in [1.54, 1.807) is 6.07 Å². The third-order valence-electron chi connectivity index (χ3n) is 2.28. The number of nitrogens with one attached hydrogen (secondary N) is 1. The van der Waals surface area contributed by atoms with Gasteiger partial charge in [-0.15, -0.1) is 0 Å². The molecule has 0 saturated heterocycles. The molecule has 0 fully saturated rings. The van der Waals surface area contributed by atoms with Gasteiger partial charge in [-0.3, -0.25) is 0 Å². The van der Waals surface area contributed by atoms with Crippen molar-refractivity contribution >= 4 is 11.6 Å². The summed E-state index contributed by atoms with van der Waals surface area (Å²) in [4.78, 5) is 0. The third-order valence-corrected chi connectivity index (χ3v) is 2.52. The van der Waals surface area contributed by atoms with Gasteiger partial charge in [0.05, 0.1) is 12.6 Å². The van der Waals surface area contributed by atoms with E-state index in [1.165, 1.54) is 0 Å². The van der Waals surface area contributed by atoms with Gasteiger partial charge in [-0.2, -0.15) is 0 Å². The predicted octanol–water partition coefficient (Wildman–Crippen LogP) is 1.36. The van der Waals surface area contributed by atoms with Gasteiger partial charge in [-0.05, 0) is 18.2 Å². The molecule has 1 unspecified atom stereocenters. The van der Waals surface area contributed by atoms with E-state index in [0.717, 1.165) is 17.9 Å². The quantitative estimate of drug-likeness (QED) is 0.740. The van der Waals surface area contributed by atoms with E-state index in [4.69, 9.17) is 16.3 Å². The van der Waals surface area contributed by atoms with Crippen LogP contribution in [0.1, 0.15) is 11.6 Å². The zero-order valence-corrected chi connectivity index (χ0v) is 8.42. The molecule has 0 aliphatic carbocycles. The molecule has 2 N–H and O–H groups in total. The lowest BCUT2D eigenvalue weighted by Crippen LogP contribution is -2.25. The second-order valence-corrected chi connectivity index (χ2v) is 3.66. The summed E-state index contributed by atoms with van der Waals surface area (Å²) in [6.07, 6.45) is 0. The molecule has 76 valence electrons. The Kier molecular flexibility index (Phi) is 2.91. The van der Waals surface area contributed by atoms with E-state index in [1.807, 2.05) is 12.1 Å². The second-order valence-electron chi connectivity index (χ2n) is 3.22.